The Bertz CT molecular complexity index is 975. The summed E-state index contributed by atoms with van der Waals surface area (Å²) in [6.45, 7) is 6.98. The summed E-state index contributed by atoms with van der Waals surface area (Å²) in [4.78, 5) is 19.3. The van der Waals surface area contributed by atoms with Gasteiger partial charge in [0, 0.05) is 30.8 Å². The maximum Gasteiger partial charge on any atom is 0.251 e. The Morgan fingerprint density at radius 1 is 1.07 bits per heavy atom. The van der Waals surface area contributed by atoms with Crippen molar-refractivity contribution in [1.82, 2.24) is 24.8 Å². The Kier molecular flexibility index (Phi) is 6.59. The van der Waals surface area contributed by atoms with E-state index in [0.29, 0.717) is 12.1 Å². The van der Waals surface area contributed by atoms with Gasteiger partial charge in [0.1, 0.15) is 5.82 Å². The first-order chi connectivity index (χ1) is 14.7. The van der Waals surface area contributed by atoms with E-state index < -0.39 is 0 Å². The number of unbranched alkanes of at least 4 members (excludes halogenated alkanes) is 1. The second-order valence-corrected chi connectivity index (χ2v) is 7.79. The number of hydrogen-bond acceptors (Lipinski definition) is 5. The van der Waals surface area contributed by atoms with E-state index in [4.69, 9.17) is 0 Å². The third kappa shape index (κ3) is 4.79. The summed E-state index contributed by atoms with van der Waals surface area (Å²) in [5.74, 6) is 0.809. The number of carbonyl (C=O) groups excluding carboxylic acids is 1. The molecule has 0 spiro atoms. The number of benzene rings is 1. The molecule has 7 nitrogen and oxygen atoms in total. The Labute approximate surface area is 177 Å². The average Bonchev–Trinajstić information content (AvgIpc) is 3.44. The number of rotatable bonds is 9. The van der Waals surface area contributed by atoms with Crippen molar-refractivity contribution >= 4 is 17.4 Å². The molecule has 4 rings (SSSR count). The summed E-state index contributed by atoms with van der Waals surface area (Å²) >= 11 is 0. The fourth-order valence-electron chi connectivity index (χ4n) is 3.79. The molecule has 3 aromatic rings. The van der Waals surface area contributed by atoms with Crippen LogP contribution in [0.3, 0.4) is 0 Å². The van der Waals surface area contributed by atoms with Crippen molar-refractivity contribution in [1.29, 1.82) is 0 Å². The monoisotopic (exact) mass is 406 g/mol. The number of fused-ring (bicyclic) bond motifs is 1. The molecule has 0 radical (unpaired) electrons. The fraction of sp³-hybridized carbons (Fsp3) is 0.435. The third-order valence-corrected chi connectivity index (χ3v) is 5.55. The lowest BCUT2D eigenvalue weighted by Gasteiger charge is -2.14. The summed E-state index contributed by atoms with van der Waals surface area (Å²) in [6.07, 6.45) is 6.61. The van der Waals surface area contributed by atoms with Gasteiger partial charge in [-0.3, -0.25) is 4.79 Å². The largest absolute Gasteiger partial charge is 0.369 e. The van der Waals surface area contributed by atoms with Crippen LogP contribution in [-0.2, 0) is 0 Å². The Balaban J connectivity index is 1.42. The highest BCUT2D eigenvalue weighted by Crippen LogP contribution is 2.21. The first-order valence-electron chi connectivity index (χ1n) is 10.9. The number of nitrogens with one attached hydrogen (secondary N) is 2. The molecule has 2 N–H and O–H groups in total. The van der Waals surface area contributed by atoms with E-state index >= 15 is 0 Å². The van der Waals surface area contributed by atoms with Crippen LogP contribution in [0.25, 0.3) is 16.9 Å². The molecule has 158 valence electrons. The molecule has 3 heterocycles. The highest BCUT2D eigenvalue weighted by atomic mass is 16.1. The summed E-state index contributed by atoms with van der Waals surface area (Å²) < 4.78 is 1.85. The maximum atomic E-state index is 12.4. The minimum atomic E-state index is -0.0283. The van der Waals surface area contributed by atoms with Crippen LogP contribution < -0.4 is 10.6 Å². The first kappa shape index (κ1) is 20.3. The Morgan fingerprint density at radius 3 is 2.63 bits per heavy atom. The summed E-state index contributed by atoms with van der Waals surface area (Å²) in [5, 5.41) is 11.1. The molecule has 2 aromatic heterocycles. The number of aromatic nitrogens is 3. The van der Waals surface area contributed by atoms with Gasteiger partial charge in [-0.15, -0.1) is 5.10 Å². The van der Waals surface area contributed by atoms with Crippen LogP contribution in [-0.4, -0.2) is 58.1 Å². The van der Waals surface area contributed by atoms with E-state index in [1.807, 2.05) is 47.1 Å². The van der Waals surface area contributed by atoms with Crippen molar-refractivity contribution in [2.24, 2.45) is 0 Å². The second kappa shape index (κ2) is 9.71. The quantitative estimate of drug-likeness (QED) is 0.533. The molecule has 30 heavy (non-hydrogen) atoms. The molecule has 0 aliphatic carbocycles. The highest BCUT2D eigenvalue weighted by Gasteiger charge is 2.13. The van der Waals surface area contributed by atoms with Gasteiger partial charge in [-0.05, 0) is 56.6 Å². The van der Waals surface area contributed by atoms with E-state index in [1.165, 1.54) is 12.8 Å². The molecular weight excluding hydrogens is 376 g/mol. The average molecular weight is 407 g/mol. The van der Waals surface area contributed by atoms with Gasteiger partial charge >= 0.3 is 0 Å². The fourth-order valence-corrected chi connectivity index (χ4v) is 3.79. The van der Waals surface area contributed by atoms with Crippen LogP contribution in [0.2, 0.25) is 0 Å². The highest BCUT2D eigenvalue weighted by molar-refractivity contribution is 5.94. The van der Waals surface area contributed by atoms with Crippen LogP contribution in [0.1, 0.15) is 43.0 Å². The minimum Gasteiger partial charge on any atom is -0.369 e. The smallest absolute Gasteiger partial charge is 0.251 e. The number of likely N-dealkylation sites (tertiary alicyclic amines) is 1. The molecule has 0 saturated carbocycles. The predicted molar refractivity (Wildman–Crippen MR) is 120 cm³/mol. The molecule has 0 atom stereocenters. The molecule has 1 aliphatic heterocycles. The van der Waals surface area contributed by atoms with Crippen molar-refractivity contribution in [2.45, 2.75) is 32.6 Å². The summed E-state index contributed by atoms with van der Waals surface area (Å²) in [6, 6.07) is 11.6. The number of carbonyl (C=O) groups is 1. The van der Waals surface area contributed by atoms with Crippen molar-refractivity contribution in [3.05, 3.63) is 48.2 Å². The van der Waals surface area contributed by atoms with E-state index in [0.717, 1.165) is 61.7 Å². The van der Waals surface area contributed by atoms with Gasteiger partial charge in [0.05, 0.1) is 11.9 Å². The predicted octanol–water partition coefficient (Wildman–Crippen LogP) is 3.43. The van der Waals surface area contributed by atoms with Crippen LogP contribution in [0.4, 0.5) is 5.82 Å². The molecule has 1 aromatic carbocycles. The van der Waals surface area contributed by atoms with Crippen LogP contribution in [0.15, 0.2) is 42.6 Å². The first-order valence-corrected chi connectivity index (χ1v) is 10.9. The summed E-state index contributed by atoms with van der Waals surface area (Å²) in [7, 11) is 0. The van der Waals surface area contributed by atoms with E-state index in [-0.39, 0.29) is 5.91 Å². The van der Waals surface area contributed by atoms with Crippen molar-refractivity contribution in [3.8, 4) is 11.3 Å². The lowest BCUT2D eigenvalue weighted by atomic mass is 10.1. The minimum absolute atomic E-state index is 0.0283. The zero-order valence-corrected chi connectivity index (χ0v) is 17.6. The number of anilines is 1. The van der Waals surface area contributed by atoms with Gasteiger partial charge in [0.25, 0.3) is 5.91 Å². The number of imidazole rings is 1. The third-order valence-electron chi connectivity index (χ3n) is 5.55. The lowest BCUT2D eigenvalue weighted by molar-refractivity contribution is 0.0950. The molecular formula is C23H30N6O. The van der Waals surface area contributed by atoms with Gasteiger partial charge in [0.15, 0.2) is 5.65 Å². The maximum absolute atomic E-state index is 12.4. The SMILES string of the molecule is CCCCNc1ccc2ncc(-c3ccc(C(=O)NCCN4CCCC4)cc3)n2n1. The van der Waals surface area contributed by atoms with Gasteiger partial charge in [-0.2, -0.15) is 0 Å². The lowest BCUT2D eigenvalue weighted by Crippen LogP contribution is -2.33. The van der Waals surface area contributed by atoms with Crippen LogP contribution in [0.5, 0.6) is 0 Å². The molecule has 1 saturated heterocycles. The number of hydrogen-bond donors (Lipinski definition) is 2. The Morgan fingerprint density at radius 2 is 1.87 bits per heavy atom. The van der Waals surface area contributed by atoms with Crippen molar-refractivity contribution in [2.75, 3.05) is 38.0 Å². The molecule has 1 aliphatic rings. The van der Waals surface area contributed by atoms with Gasteiger partial charge in [-0.1, -0.05) is 25.5 Å². The van der Waals surface area contributed by atoms with Crippen molar-refractivity contribution in [3.63, 3.8) is 0 Å². The topological polar surface area (TPSA) is 74.6 Å². The molecule has 0 unspecified atom stereocenters. The Hall–Kier alpha value is -2.93. The van der Waals surface area contributed by atoms with E-state index in [9.17, 15) is 4.79 Å². The number of amides is 1. The molecule has 1 fully saturated rings. The normalized spacial score (nSPS) is 14.3. The second-order valence-electron chi connectivity index (χ2n) is 7.79. The summed E-state index contributed by atoms with van der Waals surface area (Å²) in [5.41, 5.74) is 3.36. The van der Waals surface area contributed by atoms with Gasteiger partial charge in [0.2, 0.25) is 0 Å². The van der Waals surface area contributed by atoms with E-state index in [2.05, 4.69) is 32.5 Å². The standard InChI is InChI=1S/C23H30N6O/c1-2-3-12-24-21-10-11-22-26-17-20(29(22)27-21)18-6-8-19(9-7-18)23(30)25-13-16-28-14-4-5-15-28/h6-11,17H,2-5,12-16H2,1H3,(H,24,27)(H,25,30). The van der Waals surface area contributed by atoms with Crippen LogP contribution in [0, 0.1) is 0 Å². The zero-order valence-electron chi connectivity index (χ0n) is 17.6. The molecule has 0 bridgehead atoms. The van der Waals surface area contributed by atoms with Crippen molar-refractivity contribution < 1.29 is 4.79 Å². The molecule has 7 heteroatoms. The number of nitrogens with zero attached hydrogens (tertiary/aromatic N) is 4. The van der Waals surface area contributed by atoms with Gasteiger partial charge < -0.3 is 15.5 Å². The van der Waals surface area contributed by atoms with Crippen LogP contribution >= 0.6 is 0 Å². The van der Waals surface area contributed by atoms with Gasteiger partial charge in [-0.25, -0.2) is 9.50 Å². The van der Waals surface area contributed by atoms with E-state index in [1.54, 1.807) is 0 Å². The molecule has 1 amide bonds. The zero-order chi connectivity index (χ0) is 20.8.